The van der Waals surface area contributed by atoms with Crippen LogP contribution in [-0.2, 0) is 14.9 Å². The number of rotatable bonds is 0. The Labute approximate surface area is 115 Å². The van der Waals surface area contributed by atoms with Crippen LogP contribution >= 0.6 is 0 Å². The molecule has 3 aliphatic rings. The van der Waals surface area contributed by atoms with Gasteiger partial charge in [-0.25, -0.2) is 0 Å². The van der Waals surface area contributed by atoms with Gasteiger partial charge in [-0.15, -0.1) is 5.10 Å². The summed E-state index contributed by atoms with van der Waals surface area (Å²) in [7, 11) is 0. The predicted molar refractivity (Wildman–Crippen MR) is 66.3 cm³/mol. The molecule has 1 aromatic heterocycles. The summed E-state index contributed by atoms with van der Waals surface area (Å²) >= 11 is 0. The van der Waals surface area contributed by atoms with Crippen molar-refractivity contribution in [3.05, 3.63) is 22.7 Å². The van der Waals surface area contributed by atoms with Gasteiger partial charge in [0.1, 0.15) is 11.6 Å². The molecule has 0 aliphatic carbocycles. The minimum atomic E-state index is -0.712. The summed E-state index contributed by atoms with van der Waals surface area (Å²) < 4.78 is 17.1. The summed E-state index contributed by atoms with van der Waals surface area (Å²) in [5.74, 6) is 0.501. The van der Waals surface area contributed by atoms with Crippen molar-refractivity contribution >= 4 is 0 Å². The minimum absolute atomic E-state index is 0.0871. The lowest BCUT2D eigenvalue weighted by Gasteiger charge is -2.42. The molecule has 3 aliphatic heterocycles. The van der Waals surface area contributed by atoms with Gasteiger partial charge in [-0.05, 0) is 19.8 Å². The van der Waals surface area contributed by atoms with E-state index in [0.29, 0.717) is 18.1 Å². The van der Waals surface area contributed by atoms with E-state index >= 15 is 0 Å². The normalized spacial score (nSPS) is 34.8. The van der Waals surface area contributed by atoms with E-state index in [1.807, 2.05) is 6.92 Å². The molecular formula is C13H14N4O3. The molecule has 104 valence electrons. The molecule has 0 radical (unpaired) electrons. The molecule has 1 spiro atoms. The Kier molecular flexibility index (Phi) is 2.20. The number of nitrogens with zero attached hydrogens (tertiary/aromatic N) is 2. The van der Waals surface area contributed by atoms with Crippen molar-refractivity contribution in [1.29, 1.82) is 5.26 Å². The molecule has 2 fully saturated rings. The topological polar surface area (TPSA) is 106 Å². The van der Waals surface area contributed by atoms with E-state index in [2.05, 4.69) is 16.3 Å². The van der Waals surface area contributed by atoms with E-state index in [-0.39, 0.29) is 12.0 Å². The molecule has 2 saturated heterocycles. The van der Waals surface area contributed by atoms with Crippen molar-refractivity contribution in [2.75, 3.05) is 6.61 Å². The monoisotopic (exact) mass is 274 g/mol. The van der Waals surface area contributed by atoms with E-state index in [4.69, 9.17) is 19.9 Å². The summed E-state index contributed by atoms with van der Waals surface area (Å²) in [6.45, 7) is 2.45. The lowest BCUT2D eigenvalue weighted by molar-refractivity contribution is -0.126. The summed E-state index contributed by atoms with van der Waals surface area (Å²) in [5, 5.41) is 16.6. The average Bonchev–Trinajstić information content (AvgIpc) is 3.00. The largest absolute Gasteiger partial charge is 0.420 e. The maximum absolute atomic E-state index is 9.55. The first-order chi connectivity index (χ1) is 9.66. The number of fused-ring (bicyclic) bond motifs is 5. The van der Waals surface area contributed by atoms with Crippen LogP contribution in [0.25, 0.3) is 0 Å². The third kappa shape index (κ3) is 1.23. The fourth-order valence-corrected chi connectivity index (χ4v) is 3.51. The first-order valence-corrected chi connectivity index (χ1v) is 6.57. The van der Waals surface area contributed by atoms with Gasteiger partial charge in [0.2, 0.25) is 11.8 Å². The Hall–Kier alpha value is -2.04. The number of H-pyrrole nitrogens is 1. The van der Waals surface area contributed by atoms with Gasteiger partial charge in [0.05, 0.1) is 23.7 Å². The number of aromatic amines is 1. The van der Waals surface area contributed by atoms with Gasteiger partial charge in [0.15, 0.2) is 6.29 Å². The molecule has 1 aromatic rings. The zero-order valence-electron chi connectivity index (χ0n) is 11.0. The van der Waals surface area contributed by atoms with Gasteiger partial charge in [0, 0.05) is 5.69 Å². The second-order valence-electron chi connectivity index (χ2n) is 5.42. The van der Waals surface area contributed by atoms with Crippen molar-refractivity contribution in [2.45, 2.75) is 37.6 Å². The molecule has 7 heteroatoms. The number of hydrogen-bond donors (Lipinski definition) is 2. The molecule has 0 amide bonds. The second-order valence-corrected chi connectivity index (χ2v) is 5.42. The molecular weight excluding hydrogens is 260 g/mol. The van der Waals surface area contributed by atoms with Crippen molar-refractivity contribution in [2.24, 2.45) is 5.73 Å². The first-order valence-electron chi connectivity index (χ1n) is 6.57. The van der Waals surface area contributed by atoms with Crippen molar-refractivity contribution in [3.63, 3.8) is 0 Å². The number of nitrogens with one attached hydrogen (secondary N) is 1. The van der Waals surface area contributed by atoms with Crippen LogP contribution in [-0.4, -0.2) is 29.2 Å². The zero-order valence-corrected chi connectivity index (χ0v) is 11.0. The lowest BCUT2D eigenvalue weighted by atomic mass is 9.68. The Morgan fingerprint density at radius 3 is 3.20 bits per heavy atom. The lowest BCUT2D eigenvalue weighted by Crippen LogP contribution is -2.48. The molecule has 0 aromatic carbocycles. The maximum Gasteiger partial charge on any atom is 0.244 e. The van der Waals surface area contributed by atoms with Crippen LogP contribution in [0, 0.1) is 18.3 Å². The molecule has 0 unspecified atom stereocenters. The summed E-state index contributed by atoms with van der Waals surface area (Å²) in [6.07, 6.45) is 1.15. The highest BCUT2D eigenvalue weighted by Crippen LogP contribution is 2.53. The molecule has 4 heterocycles. The quantitative estimate of drug-likeness (QED) is 0.716. The van der Waals surface area contributed by atoms with Gasteiger partial charge in [-0.3, -0.25) is 5.10 Å². The Morgan fingerprint density at radius 2 is 2.40 bits per heavy atom. The van der Waals surface area contributed by atoms with Crippen molar-refractivity contribution < 1.29 is 14.2 Å². The smallest absolute Gasteiger partial charge is 0.244 e. The summed E-state index contributed by atoms with van der Waals surface area (Å²) in [5.41, 5.74) is 7.26. The van der Waals surface area contributed by atoms with Crippen LogP contribution < -0.4 is 10.5 Å². The number of ether oxygens (including phenoxy) is 3. The highest BCUT2D eigenvalue weighted by atomic mass is 16.7. The molecule has 4 rings (SSSR count). The van der Waals surface area contributed by atoms with Gasteiger partial charge >= 0.3 is 0 Å². The molecule has 7 nitrogen and oxygen atoms in total. The maximum atomic E-state index is 9.55. The predicted octanol–water partition coefficient (Wildman–Crippen LogP) is 0.578. The van der Waals surface area contributed by atoms with Gasteiger partial charge < -0.3 is 19.9 Å². The summed E-state index contributed by atoms with van der Waals surface area (Å²) in [6, 6.07) is 2.18. The molecule has 2 bridgehead atoms. The molecule has 0 saturated carbocycles. The third-order valence-electron chi connectivity index (χ3n) is 4.38. The number of nitrogens with two attached hydrogens (primary N) is 1. The van der Waals surface area contributed by atoms with E-state index in [9.17, 15) is 5.26 Å². The zero-order chi connectivity index (χ0) is 13.9. The van der Waals surface area contributed by atoms with E-state index in [0.717, 1.165) is 24.1 Å². The van der Waals surface area contributed by atoms with Gasteiger partial charge in [-0.1, -0.05) is 0 Å². The highest BCUT2D eigenvalue weighted by Gasteiger charge is 2.58. The first kappa shape index (κ1) is 11.8. The summed E-state index contributed by atoms with van der Waals surface area (Å²) in [4.78, 5) is 0. The fraction of sp³-hybridized carbons (Fsp3) is 0.538. The number of hydrogen-bond acceptors (Lipinski definition) is 6. The van der Waals surface area contributed by atoms with Crippen molar-refractivity contribution in [1.82, 2.24) is 10.2 Å². The van der Waals surface area contributed by atoms with Crippen LogP contribution in [0.15, 0.2) is 11.5 Å². The van der Waals surface area contributed by atoms with Gasteiger partial charge in [0.25, 0.3) is 0 Å². The standard InChI is InChI=1S/C13H14N4O3/c1-6-9-11(17-16-6)20-10(15)8(4-14)13(9)3-2-7-5-18-12(13)19-7/h7,12H,2-3,5,15H2,1H3,(H,16,17)/t7-,12-,13+/m0/s1. The van der Waals surface area contributed by atoms with Crippen LogP contribution in [0.4, 0.5) is 0 Å². The fourth-order valence-electron chi connectivity index (χ4n) is 3.51. The van der Waals surface area contributed by atoms with Crippen LogP contribution in [0.3, 0.4) is 0 Å². The van der Waals surface area contributed by atoms with Crippen LogP contribution in [0.2, 0.25) is 0 Å². The number of aryl methyl sites for hydroxylation is 1. The van der Waals surface area contributed by atoms with E-state index in [1.165, 1.54) is 0 Å². The van der Waals surface area contributed by atoms with Crippen molar-refractivity contribution in [3.8, 4) is 11.9 Å². The minimum Gasteiger partial charge on any atom is -0.420 e. The molecule has 3 N–H and O–H groups in total. The SMILES string of the molecule is Cc1[nH]nc2c1[C@@]1(CC[C@H]3CO[C@H]1O3)C(C#N)=C(N)O2. The van der Waals surface area contributed by atoms with Gasteiger partial charge in [-0.2, -0.15) is 5.26 Å². The Balaban J connectivity index is 1.99. The highest BCUT2D eigenvalue weighted by molar-refractivity contribution is 5.55. The number of nitriles is 1. The third-order valence-corrected chi connectivity index (χ3v) is 4.38. The Bertz CT molecular complexity index is 659. The number of aromatic nitrogens is 2. The van der Waals surface area contributed by atoms with E-state index in [1.54, 1.807) is 0 Å². The molecule has 3 atom stereocenters. The van der Waals surface area contributed by atoms with E-state index < -0.39 is 11.7 Å². The second kappa shape index (κ2) is 3.75. The van der Waals surface area contributed by atoms with Crippen LogP contribution in [0.1, 0.15) is 24.1 Å². The Morgan fingerprint density at radius 1 is 1.55 bits per heavy atom. The molecule has 20 heavy (non-hydrogen) atoms. The van der Waals surface area contributed by atoms with Crippen LogP contribution in [0.5, 0.6) is 5.88 Å². The average molecular weight is 274 g/mol.